The van der Waals surface area contributed by atoms with Gasteiger partial charge in [0.2, 0.25) is 0 Å². The van der Waals surface area contributed by atoms with Crippen LogP contribution in [0.25, 0.3) is 0 Å². The largest absolute Gasteiger partial charge is 0.381 e. The Kier molecular flexibility index (Phi) is 4.04. The summed E-state index contributed by atoms with van der Waals surface area (Å²) in [7, 11) is -0.715. The normalized spacial score (nSPS) is 27.2. The van der Waals surface area contributed by atoms with Crippen LogP contribution < -0.4 is 5.73 Å². The summed E-state index contributed by atoms with van der Waals surface area (Å²) in [5.41, 5.74) is 5.28. The summed E-state index contributed by atoms with van der Waals surface area (Å²) in [4.78, 5) is 0. The number of hydrogen-bond donors (Lipinski definition) is 1. The average Bonchev–Trinajstić information content (AvgIpc) is 2.40. The molecule has 3 nitrogen and oxygen atoms in total. The summed E-state index contributed by atoms with van der Waals surface area (Å²) in [6.45, 7) is 2.15. The monoisotopic (exact) mass is 177 g/mol. The number of hydrogen-bond acceptors (Lipinski definition) is 3. The maximum absolute atomic E-state index is 11.2. The summed E-state index contributed by atoms with van der Waals surface area (Å²) in [5.74, 6) is 1.93. The third-order valence-corrected chi connectivity index (χ3v) is 3.33. The topological polar surface area (TPSA) is 52.3 Å². The van der Waals surface area contributed by atoms with E-state index >= 15 is 0 Å². The zero-order valence-electron chi connectivity index (χ0n) is 6.62. The highest BCUT2D eigenvalue weighted by molar-refractivity contribution is 7.85. The maximum atomic E-state index is 11.2. The molecular formula is C7H15NO2S. The summed E-state index contributed by atoms with van der Waals surface area (Å²) in [5, 5.41) is 0. The van der Waals surface area contributed by atoms with E-state index in [1.807, 2.05) is 0 Å². The van der Waals surface area contributed by atoms with Crippen molar-refractivity contribution in [2.45, 2.75) is 6.42 Å². The van der Waals surface area contributed by atoms with E-state index < -0.39 is 10.8 Å². The van der Waals surface area contributed by atoms with E-state index in [1.54, 1.807) is 0 Å². The first-order valence-electron chi connectivity index (χ1n) is 3.95. The van der Waals surface area contributed by atoms with Gasteiger partial charge in [-0.05, 0) is 12.3 Å². The van der Waals surface area contributed by atoms with Gasteiger partial charge in [0, 0.05) is 35.5 Å². The molecule has 1 rings (SSSR count). The Balaban J connectivity index is 2.13. The summed E-state index contributed by atoms with van der Waals surface area (Å²) in [6, 6.07) is 0. The smallest absolute Gasteiger partial charge is 0.0503 e. The quantitative estimate of drug-likeness (QED) is 0.643. The predicted molar refractivity (Wildman–Crippen MR) is 45.9 cm³/mol. The van der Waals surface area contributed by atoms with Gasteiger partial charge in [-0.1, -0.05) is 0 Å². The van der Waals surface area contributed by atoms with E-state index in [1.165, 1.54) is 0 Å². The molecule has 0 aliphatic carbocycles. The van der Waals surface area contributed by atoms with Crippen molar-refractivity contribution in [2.75, 3.05) is 31.3 Å². The van der Waals surface area contributed by atoms with Crippen molar-refractivity contribution in [3.63, 3.8) is 0 Å². The molecule has 11 heavy (non-hydrogen) atoms. The minimum absolute atomic E-state index is 0.516. The van der Waals surface area contributed by atoms with Crippen molar-refractivity contribution in [3.05, 3.63) is 0 Å². The van der Waals surface area contributed by atoms with Crippen LogP contribution in [0.3, 0.4) is 0 Å². The molecule has 0 spiro atoms. The van der Waals surface area contributed by atoms with Crippen LogP contribution in [0.1, 0.15) is 6.42 Å². The van der Waals surface area contributed by atoms with Crippen molar-refractivity contribution in [1.82, 2.24) is 0 Å². The van der Waals surface area contributed by atoms with Gasteiger partial charge in [0.05, 0.1) is 6.61 Å². The van der Waals surface area contributed by atoms with Crippen molar-refractivity contribution in [1.29, 1.82) is 0 Å². The van der Waals surface area contributed by atoms with E-state index in [9.17, 15) is 4.21 Å². The van der Waals surface area contributed by atoms with Crippen LogP contribution >= 0.6 is 0 Å². The molecule has 0 saturated carbocycles. The van der Waals surface area contributed by atoms with Gasteiger partial charge in [-0.3, -0.25) is 4.21 Å². The van der Waals surface area contributed by atoms with E-state index in [2.05, 4.69) is 0 Å². The average molecular weight is 177 g/mol. The SMILES string of the molecule is NCCS(=O)CC1CCOC1. The molecule has 1 heterocycles. The molecule has 2 N–H and O–H groups in total. The molecule has 0 aromatic carbocycles. The van der Waals surface area contributed by atoms with Crippen LogP contribution in [0.4, 0.5) is 0 Å². The fraction of sp³-hybridized carbons (Fsp3) is 1.00. The Labute approximate surface area is 69.8 Å². The standard InChI is InChI=1S/C7H15NO2S/c8-2-4-11(9)6-7-1-3-10-5-7/h7H,1-6,8H2. The lowest BCUT2D eigenvalue weighted by atomic mass is 10.2. The van der Waals surface area contributed by atoms with E-state index in [4.69, 9.17) is 10.5 Å². The van der Waals surface area contributed by atoms with E-state index in [0.717, 1.165) is 25.4 Å². The molecule has 0 aromatic rings. The van der Waals surface area contributed by atoms with Gasteiger partial charge < -0.3 is 10.5 Å². The second-order valence-electron chi connectivity index (χ2n) is 2.83. The first kappa shape index (κ1) is 9.16. The van der Waals surface area contributed by atoms with Crippen LogP contribution in [-0.4, -0.2) is 35.5 Å². The molecule has 0 bridgehead atoms. The zero-order valence-corrected chi connectivity index (χ0v) is 7.44. The van der Waals surface area contributed by atoms with Gasteiger partial charge in [-0.2, -0.15) is 0 Å². The second kappa shape index (κ2) is 4.85. The Bertz CT molecular complexity index is 134. The summed E-state index contributed by atoms with van der Waals surface area (Å²) in [6.07, 6.45) is 1.07. The molecule has 1 saturated heterocycles. The molecule has 0 aromatic heterocycles. The van der Waals surface area contributed by atoms with E-state index in [0.29, 0.717) is 18.2 Å². The van der Waals surface area contributed by atoms with Crippen LogP contribution in [0.15, 0.2) is 0 Å². The molecule has 1 aliphatic rings. The molecular weight excluding hydrogens is 162 g/mol. The lowest BCUT2D eigenvalue weighted by molar-refractivity contribution is 0.189. The van der Waals surface area contributed by atoms with Gasteiger partial charge in [-0.25, -0.2) is 0 Å². The van der Waals surface area contributed by atoms with Gasteiger partial charge in [0.15, 0.2) is 0 Å². The number of rotatable bonds is 4. The summed E-state index contributed by atoms with van der Waals surface area (Å²) >= 11 is 0. The molecule has 2 unspecified atom stereocenters. The number of ether oxygens (including phenoxy) is 1. The van der Waals surface area contributed by atoms with Gasteiger partial charge in [-0.15, -0.1) is 0 Å². The van der Waals surface area contributed by atoms with Crippen molar-refractivity contribution < 1.29 is 8.95 Å². The Morgan fingerprint density at radius 1 is 1.64 bits per heavy atom. The van der Waals surface area contributed by atoms with Crippen molar-refractivity contribution >= 4 is 10.8 Å². The Morgan fingerprint density at radius 2 is 2.45 bits per heavy atom. The molecule has 66 valence electrons. The van der Waals surface area contributed by atoms with Crippen LogP contribution in [-0.2, 0) is 15.5 Å². The third-order valence-electron chi connectivity index (χ3n) is 1.79. The fourth-order valence-electron chi connectivity index (χ4n) is 1.19. The summed E-state index contributed by atoms with van der Waals surface area (Å²) < 4.78 is 16.3. The molecule has 2 atom stereocenters. The highest BCUT2D eigenvalue weighted by Crippen LogP contribution is 2.13. The highest BCUT2D eigenvalue weighted by Gasteiger charge is 2.17. The molecule has 1 aliphatic heterocycles. The Morgan fingerprint density at radius 3 is 3.00 bits per heavy atom. The molecule has 4 heteroatoms. The lowest BCUT2D eigenvalue weighted by Gasteiger charge is -2.05. The fourth-order valence-corrected chi connectivity index (χ4v) is 2.41. The minimum Gasteiger partial charge on any atom is -0.381 e. The molecule has 0 amide bonds. The van der Waals surface area contributed by atoms with E-state index in [-0.39, 0.29) is 0 Å². The van der Waals surface area contributed by atoms with Crippen LogP contribution in [0.5, 0.6) is 0 Å². The van der Waals surface area contributed by atoms with Crippen molar-refractivity contribution in [3.8, 4) is 0 Å². The highest BCUT2D eigenvalue weighted by atomic mass is 32.2. The van der Waals surface area contributed by atoms with Crippen LogP contribution in [0.2, 0.25) is 0 Å². The lowest BCUT2D eigenvalue weighted by Crippen LogP contribution is -2.18. The van der Waals surface area contributed by atoms with Crippen LogP contribution in [0, 0.1) is 5.92 Å². The third kappa shape index (κ3) is 3.31. The minimum atomic E-state index is -0.715. The molecule has 0 radical (unpaired) electrons. The van der Waals surface area contributed by atoms with Gasteiger partial charge in [0.1, 0.15) is 0 Å². The predicted octanol–water partition coefficient (Wildman–Crippen LogP) is -0.270. The Hall–Kier alpha value is 0.0700. The van der Waals surface area contributed by atoms with Crippen molar-refractivity contribution in [2.24, 2.45) is 11.7 Å². The zero-order chi connectivity index (χ0) is 8.10. The maximum Gasteiger partial charge on any atom is 0.0503 e. The first-order valence-corrected chi connectivity index (χ1v) is 5.44. The second-order valence-corrected chi connectivity index (χ2v) is 4.45. The molecule has 1 fully saturated rings. The van der Waals surface area contributed by atoms with Gasteiger partial charge in [0.25, 0.3) is 0 Å². The number of nitrogens with two attached hydrogens (primary N) is 1. The first-order chi connectivity index (χ1) is 5.33. The van der Waals surface area contributed by atoms with Gasteiger partial charge >= 0.3 is 0 Å².